The van der Waals surface area contributed by atoms with Crippen molar-refractivity contribution in [2.45, 2.75) is 6.61 Å². The van der Waals surface area contributed by atoms with Gasteiger partial charge in [0.1, 0.15) is 5.75 Å². The Kier molecular flexibility index (Phi) is 3.82. The average molecular weight is 293 g/mol. The molecule has 2 rings (SSSR count). The van der Waals surface area contributed by atoms with E-state index in [0.29, 0.717) is 0 Å². The predicted molar refractivity (Wildman–Crippen MR) is 72.1 cm³/mol. The fraction of sp³-hybridized carbons (Fsp3) is 0.143. The number of methoxy groups -OCH3 is 1. The lowest BCUT2D eigenvalue weighted by atomic mass is 10.0. The van der Waals surface area contributed by atoms with Crippen LogP contribution in [0, 0.1) is 0 Å². The molecule has 0 aliphatic heterocycles. The minimum absolute atomic E-state index is 0.0510. The van der Waals surface area contributed by atoms with Crippen molar-refractivity contribution in [1.82, 2.24) is 0 Å². The summed E-state index contributed by atoms with van der Waals surface area (Å²) >= 11 is 3.52. The van der Waals surface area contributed by atoms with Gasteiger partial charge in [0, 0.05) is 4.47 Å². The third-order valence-corrected chi connectivity index (χ3v) is 3.29. The summed E-state index contributed by atoms with van der Waals surface area (Å²) in [5.41, 5.74) is 3.01. The van der Waals surface area contributed by atoms with E-state index < -0.39 is 0 Å². The average Bonchev–Trinajstić information content (AvgIpc) is 2.39. The van der Waals surface area contributed by atoms with Gasteiger partial charge in [-0.1, -0.05) is 34.1 Å². The zero-order valence-electron chi connectivity index (χ0n) is 9.48. The maximum atomic E-state index is 9.14. The van der Waals surface area contributed by atoms with Gasteiger partial charge in [-0.15, -0.1) is 0 Å². The molecule has 0 atom stereocenters. The van der Waals surface area contributed by atoms with Crippen LogP contribution in [0.2, 0.25) is 0 Å². The summed E-state index contributed by atoms with van der Waals surface area (Å²) in [6, 6.07) is 13.7. The maximum Gasteiger partial charge on any atom is 0.119 e. The van der Waals surface area contributed by atoms with E-state index in [1.807, 2.05) is 42.5 Å². The van der Waals surface area contributed by atoms with Gasteiger partial charge in [-0.25, -0.2) is 0 Å². The van der Waals surface area contributed by atoms with Crippen molar-refractivity contribution < 1.29 is 9.84 Å². The van der Waals surface area contributed by atoms with Crippen molar-refractivity contribution in [1.29, 1.82) is 0 Å². The Labute approximate surface area is 109 Å². The van der Waals surface area contributed by atoms with E-state index in [0.717, 1.165) is 26.9 Å². The zero-order chi connectivity index (χ0) is 12.3. The molecule has 0 unspecified atom stereocenters. The van der Waals surface area contributed by atoms with Gasteiger partial charge in [0.25, 0.3) is 0 Å². The number of aliphatic hydroxyl groups is 1. The normalized spacial score (nSPS) is 10.3. The molecule has 0 fully saturated rings. The smallest absolute Gasteiger partial charge is 0.119 e. The second-order valence-corrected chi connectivity index (χ2v) is 4.56. The molecule has 88 valence electrons. The van der Waals surface area contributed by atoms with Gasteiger partial charge in [-0.2, -0.15) is 0 Å². The van der Waals surface area contributed by atoms with E-state index in [9.17, 15) is 0 Å². The van der Waals surface area contributed by atoms with Crippen LogP contribution in [0.1, 0.15) is 5.56 Å². The second-order valence-electron chi connectivity index (χ2n) is 3.70. The molecule has 3 heteroatoms. The number of ether oxygens (including phenoxy) is 1. The number of hydrogen-bond acceptors (Lipinski definition) is 2. The van der Waals surface area contributed by atoms with E-state index >= 15 is 0 Å². The summed E-state index contributed by atoms with van der Waals surface area (Å²) in [5, 5.41) is 9.14. The fourth-order valence-corrected chi connectivity index (χ4v) is 2.17. The van der Waals surface area contributed by atoms with Crippen LogP contribution in [-0.4, -0.2) is 12.2 Å². The molecule has 0 spiro atoms. The summed E-state index contributed by atoms with van der Waals surface area (Å²) < 4.78 is 6.23. The highest BCUT2D eigenvalue weighted by Gasteiger charge is 2.05. The Morgan fingerprint density at radius 1 is 1.18 bits per heavy atom. The quantitative estimate of drug-likeness (QED) is 0.936. The van der Waals surface area contributed by atoms with E-state index in [1.165, 1.54) is 0 Å². The van der Waals surface area contributed by atoms with Crippen LogP contribution in [0.15, 0.2) is 46.9 Å². The summed E-state index contributed by atoms with van der Waals surface area (Å²) in [6.45, 7) is 0.0510. The summed E-state index contributed by atoms with van der Waals surface area (Å²) in [5.74, 6) is 0.817. The van der Waals surface area contributed by atoms with Crippen LogP contribution < -0.4 is 4.74 Å². The third-order valence-electron chi connectivity index (χ3n) is 2.59. The molecule has 0 aliphatic carbocycles. The molecule has 0 saturated carbocycles. The van der Waals surface area contributed by atoms with Crippen LogP contribution in [0.25, 0.3) is 11.1 Å². The van der Waals surface area contributed by atoms with Crippen molar-refractivity contribution >= 4 is 15.9 Å². The maximum absolute atomic E-state index is 9.14. The lowest BCUT2D eigenvalue weighted by Gasteiger charge is -2.08. The first-order valence-electron chi connectivity index (χ1n) is 5.28. The molecule has 2 aromatic carbocycles. The van der Waals surface area contributed by atoms with Crippen molar-refractivity contribution in [3.05, 3.63) is 52.5 Å². The number of rotatable bonds is 3. The van der Waals surface area contributed by atoms with Crippen molar-refractivity contribution in [3.63, 3.8) is 0 Å². The second kappa shape index (κ2) is 5.34. The Balaban J connectivity index is 2.50. The first kappa shape index (κ1) is 12.1. The summed E-state index contributed by atoms with van der Waals surface area (Å²) in [4.78, 5) is 0. The Morgan fingerprint density at radius 2 is 2.00 bits per heavy atom. The van der Waals surface area contributed by atoms with Gasteiger partial charge in [-0.3, -0.25) is 0 Å². The summed E-state index contributed by atoms with van der Waals surface area (Å²) in [7, 11) is 1.65. The van der Waals surface area contributed by atoms with Gasteiger partial charge in [-0.05, 0) is 41.0 Å². The first-order valence-corrected chi connectivity index (χ1v) is 6.07. The molecule has 0 radical (unpaired) electrons. The Bertz CT molecular complexity index is 523. The molecule has 1 N–H and O–H groups in total. The molecular weight excluding hydrogens is 280 g/mol. The fourth-order valence-electron chi connectivity index (χ4n) is 1.69. The van der Waals surface area contributed by atoms with E-state index in [1.54, 1.807) is 7.11 Å². The van der Waals surface area contributed by atoms with Crippen molar-refractivity contribution in [2.24, 2.45) is 0 Å². The predicted octanol–water partition coefficient (Wildman–Crippen LogP) is 3.62. The third kappa shape index (κ3) is 2.68. The zero-order valence-corrected chi connectivity index (χ0v) is 11.1. The number of halogens is 1. The van der Waals surface area contributed by atoms with Gasteiger partial charge >= 0.3 is 0 Å². The van der Waals surface area contributed by atoms with Gasteiger partial charge in [0.2, 0.25) is 0 Å². The van der Waals surface area contributed by atoms with Crippen LogP contribution in [-0.2, 0) is 6.61 Å². The van der Waals surface area contributed by atoms with Crippen LogP contribution in [0.4, 0.5) is 0 Å². The lowest BCUT2D eigenvalue weighted by Crippen LogP contribution is -1.87. The minimum atomic E-state index is 0.0510. The lowest BCUT2D eigenvalue weighted by molar-refractivity contribution is 0.282. The van der Waals surface area contributed by atoms with Crippen molar-refractivity contribution in [3.8, 4) is 16.9 Å². The molecule has 0 aromatic heterocycles. The van der Waals surface area contributed by atoms with E-state index in [-0.39, 0.29) is 6.61 Å². The molecule has 0 heterocycles. The summed E-state index contributed by atoms with van der Waals surface area (Å²) in [6.07, 6.45) is 0. The SMILES string of the molecule is COc1ccc(Br)c(-c2cccc(CO)c2)c1. The first-order chi connectivity index (χ1) is 8.24. The minimum Gasteiger partial charge on any atom is -0.497 e. The highest BCUT2D eigenvalue weighted by atomic mass is 79.9. The Morgan fingerprint density at radius 3 is 2.71 bits per heavy atom. The van der Waals surface area contributed by atoms with Gasteiger partial charge < -0.3 is 9.84 Å². The van der Waals surface area contributed by atoms with E-state index in [4.69, 9.17) is 9.84 Å². The topological polar surface area (TPSA) is 29.5 Å². The van der Waals surface area contributed by atoms with E-state index in [2.05, 4.69) is 15.9 Å². The molecule has 2 nitrogen and oxygen atoms in total. The Hall–Kier alpha value is -1.32. The largest absolute Gasteiger partial charge is 0.497 e. The highest BCUT2D eigenvalue weighted by Crippen LogP contribution is 2.32. The van der Waals surface area contributed by atoms with Crippen molar-refractivity contribution in [2.75, 3.05) is 7.11 Å². The molecule has 17 heavy (non-hydrogen) atoms. The van der Waals surface area contributed by atoms with Crippen LogP contribution >= 0.6 is 15.9 Å². The van der Waals surface area contributed by atoms with Crippen LogP contribution in [0.3, 0.4) is 0 Å². The van der Waals surface area contributed by atoms with Gasteiger partial charge in [0.05, 0.1) is 13.7 Å². The molecule has 2 aromatic rings. The molecular formula is C14H13BrO2. The molecule has 0 aliphatic rings. The monoisotopic (exact) mass is 292 g/mol. The number of aliphatic hydroxyl groups excluding tert-OH is 1. The number of benzene rings is 2. The molecule has 0 bridgehead atoms. The standard InChI is InChI=1S/C14H13BrO2/c1-17-12-5-6-14(15)13(8-12)11-4-2-3-10(7-11)9-16/h2-8,16H,9H2,1H3. The molecule has 0 amide bonds. The van der Waals surface area contributed by atoms with Crippen LogP contribution in [0.5, 0.6) is 5.75 Å². The number of hydrogen-bond donors (Lipinski definition) is 1. The van der Waals surface area contributed by atoms with Gasteiger partial charge in [0.15, 0.2) is 0 Å². The molecule has 0 saturated heterocycles. The highest BCUT2D eigenvalue weighted by molar-refractivity contribution is 9.10.